The smallest absolute Gasteiger partial charge is 0.203 e. The van der Waals surface area contributed by atoms with E-state index in [1.54, 1.807) is 21.3 Å². The van der Waals surface area contributed by atoms with Crippen molar-refractivity contribution in [2.45, 2.75) is 38.7 Å². The number of rotatable bonds is 8. The summed E-state index contributed by atoms with van der Waals surface area (Å²) >= 11 is 0. The van der Waals surface area contributed by atoms with Gasteiger partial charge in [-0.1, -0.05) is 19.4 Å². The highest BCUT2D eigenvalue weighted by molar-refractivity contribution is 5.55. The zero-order chi connectivity index (χ0) is 14.3. The molecule has 0 amide bonds. The van der Waals surface area contributed by atoms with Crippen molar-refractivity contribution in [3.05, 3.63) is 17.7 Å². The highest BCUT2D eigenvalue weighted by atomic mass is 16.5. The fourth-order valence-electron chi connectivity index (χ4n) is 2.16. The highest BCUT2D eigenvalue weighted by Crippen LogP contribution is 2.40. The number of hydrogen-bond acceptors (Lipinski definition) is 4. The van der Waals surface area contributed by atoms with Crippen LogP contribution in [0.4, 0.5) is 0 Å². The number of hydrogen-bond donors (Lipinski definition) is 1. The normalized spacial score (nSPS) is 12.1. The summed E-state index contributed by atoms with van der Waals surface area (Å²) in [6.45, 7) is 2.07. The molecule has 1 aromatic rings. The van der Waals surface area contributed by atoms with Gasteiger partial charge in [0.05, 0.1) is 27.4 Å². The van der Waals surface area contributed by atoms with Crippen LogP contribution in [-0.2, 0) is 6.42 Å². The van der Waals surface area contributed by atoms with Crippen LogP contribution in [0.5, 0.6) is 17.2 Å². The third-order valence-corrected chi connectivity index (χ3v) is 3.15. The molecule has 1 unspecified atom stereocenters. The Morgan fingerprint density at radius 3 is 2.21 bits per heavy atom. The van der Waals surface area contributed by atoms with Crippen LogP contribution in [0.2, 0.25) is 0 Å². The molecule has 0 saturated heterocycles. The van der Waals surface area contributed by atoms with Crippen molar-refractivity contribution >= 4 is 0 Å². The number of aliphatic hydroxyl groups excluding tert-OH is 1. The molecule has 1 aromatic carbocycles. The molecule has 1 N–H and O–H groups in total. The second-order valence-electron chi connectivity index (χ2n) is 4.47. The van der Waals surface area contributed by atoms with E-state index >= 15 is 0 Å². The lowest BCUT2D eigenvalue weighted by molar-refractivity contribution is 0.153. The largest absolute Gasteiger partial charge is 0.493 e. The van der Waals surface area contributed by atoms with Crippen molar-refractivity contribution in [1.82, 2.24) is 0 Å². The molecule has 0 aliphatic carbocycles. The molecule has 0 aromatic heterocycles. The van der Waals surface area contributed by atoms with Gasteiger partial charge in [0.15, 0.2) is 11.5 Å². The summed E-state index contributed by atoms with van der Waals surface area (Å²) in [6.07, 6.45) is 3.03. The third-order valence-electron chi connectivity index (χ3n) is 3.15. The molecule has 0 spiro atoms. The molecular weight excluding hydrogens is 244 g/mol. The minimum Gasteiger partial charge on any atom is -0.493 e. The van der Waals surface area contributed by atoms with Crippen LogP contribution in [0.1, 0.15) is 31.7 Å². The first kappa shape index (κ1) is 15.6. The standard InChI is InChI=1S/C15H24O4/c1-5-6-12(16)9-7-11-8-10-13(17-2)15(19-4)14(11)18-3/h8,10,12,16H,5-7,9H2,1-4H3. The summed E-state index contributed by atoms with van der Waals surface area (Å²) in [5, 5.41) is 9.80. The fourth-order valence-corrected chi connectivity index (χ4v) is 2.16. The Kier molecular flexibility index (Phi) is 6.50. The summed E-state index contributed by atoms with van der Waals surface area (Å²) in [7, 11) is 4.81. The summed E-state index contributed by atoms with van der Waals surface area (Å²) in [5.74, 6) is 1.94. The molecule has 4 heteroatoms. The molecule has 0 aliphatic heterocycles. The number of benzene rings is 1. The molecule has 0 heterocycles. The zero-order valence-corrected chi connectivity index (χ0v) is 12.2. The van der Waals surface area contributed by atoms with E-state index in [-0.39, 0.29) is 6.10 Å². The minimum absolute atomic E-state index is 0.261. The van der Waals surface area contributed by atoms with E-state index in [2.05, 4.69) is 6.92 Å². The molecule has 4 nitrogen and oxygen atoms in total. The van der Waals surface area contributed by atoms with E-state index in [4.69, 9.17) is 14.2 Å². The van der Waals surface area contributed by atoms with Gasteiger partial charge in [-0.2, -0.15) is 0 Å². The number of ether oxygens (including phenoxy) is 3. The second kappa shape index (κ2) is 7.89. The van der Waals surface area contributed by atoms with Crippen molar-refractivity contribution in [3.63, 3.8) is 0 Å². The topological polar surface area (TPSA) is 47.9 Å². The van der Waals surface area contributed by atoms with E-state index in [1.165, 1.54) is 0 Å². The molecule has 0 radical (unpaired) electrons. The molecule has 0 bridgehead atoms. The number of aliphatic hydroxyl groups is 1. The molecule has 0 saturated carbocycles. The molecule has 0 aliphatic rings. The first-order valence-corrected chi connectivity index (χ1v) is 6.63. The molecule has 19 heavy (non-hydrogen) atoms. The van der Waals surface area contributed by atoms with Gasteiger partial charge in [-0.15, -0.1) is 0 Å². The van der Waals surface area contributed by atoms with Gasteiger partial charge in [0.1, 0.15) is 0 Å². The van der Waals surface area contributed by atoms with Crippen molar-refractivity contribution < 1.29 is 19.3 Å². The molecule has 108 valence electrons. The van der Waals surface area contributed by atoms with Gasteiger partial charge in [-0.05, 0) is 30.9 Å². The SMILES string of the molecule is CCCC(O)CCc1ccc(OC)c(OC)c1OC. The van der Waals surface area contributed by atoms with Gasteiger partial charge in [-0.25, -0.2) is 0 Å². The van der Waals surface area contributed by atoms with Crippen molar-refractivity contribution in [2.75, 3.05) is 21.3 Å². The number of methoxy groups -OCH3 is 3. The van der Waals surface area contributed by atoms with E-state index in [0.29, 0.717) is 17.2 Å². The average molecular weight is 268 g/mol. The Morgan fingerprint density at radius 1 is 1.00 bits per heavy atom. The van der Waals surface area contributed by atoms with Crippen LogP contribution in [0, 0.1) is 0 Å². The summed E-state index contributed by atoms with van der Waals surface area (Å²) in [4.78, 5) is 0. The predicted octanol–water partition coefficient (Wildman–Crippen LogP) is 2.81. The highest BCUT2D eigenvalue weighted by Gasteiger charge is 2.16. The third kappa shape index (κ3) is 4.03. The zero-order valence-electron chi connectivity index (χ0n) is 12.2. The van der Waals surface area contributed by atoms with Gasteiger partial charge in [0.25, 0.3) is 0 Å². The Labute approximate surface area is 115 Å². The van der Waals surface area contributed by atoms with Crippen LogP contribution in [0.15, 0.2) is 12.1 Å². The Bertz CT molecular complexity index is 390. The second-order valence-corrected chi connectivity index (χ2v) is 4.47. The van der Waals surface area contributed by atoms with Gasteiger partial charge < -0.3 is 19.3 Å². The monoisotopic (exact) mass is 268 g/mol. The minimum atomic E-state index is -0.261. The molecule has 1 atom stereocenters. The quantitative estimate of drug-likeness (QED) is 0.787. The lowest BCUT2D eigenvalue weighted by atomic mass is 10.0. The van der Waals surface area contributed by atoms with Gasteiger partial charge in [-0.3, -0.25) is 0 Å². The number of aryl methyl sites for hydroxylation is 1. The van der Waals surface area contributed by atoms with Crippen molar-refractivity contribution in [3.8, 4) is 17.2 Å². The van der Waals surface area contributed by atoms with E-state index < -0.39 is 0 Å². The van der Waals surface area contributed by atoms with E-state index in [0.717, 1.165) is 31.2 Å². The van der Waals surface area contributed by atoms with E-state index in [9.17, 15) is 5.11 Å². The summed E-state index contributed by atoms with van der Waals surface area (Å²) in [6, 6.07) is 3.82. The molecule has 0 fully saturated rings. The van der Waals surface area contributed by atoms with Crippen LogP contribution in [0.3, 0.4) is 0 Å². The predicted molar refractivity (Wildman–Crippen MR) is 75.3 cm³/mol. The van der Waals surface area contributed by atoms with Crippen LogP contribution >= 0.6 is 0 Å². The summed E-state index contributed by atoms with van der Waals surface area (Å²) in [5.41, 5.74) is 1.02. The maximum Gasteiger partial charge on any atom is 0.203 e. The lowest BCUT2D eigenvalue weighted by Gasteiger charge is -2.16. The molecule has 1 rings (SSSR count). The van der Waals surface area contributed by atoms with Crippen LogP contribution in [0.25, 0.3) is 0 Å². The van der Waals surface area contributed by atoms with Crippen molar-refractivity contribution in [2.24, 2.45) is 0 Å². The Morgan fingerprint density at radius 2 is 1.68 bits per heavy atom. The van der Waals surface area contributed by atoms with Crippen LogP contribution in [-0.4, -0.2) is 32.5 Å². The first-order chi connectivity index (χ1) is 9.17. The van der Waals surface area contributed by atoms with Gasteiger partial charge in [0, 0.05) is 0 Å². The van der Waals surface area contributed by atoms with Crippen molar-refractivity contribution in [1.29, 1.82) is 0 Å². The maximum atomic E-state index is 9.80. The Hall–Kier alpha value is -1.42. The fraction of sp³-hybridized carbons (Fsp3) is 0.600. The summed E-state index contributed by atoms with van der Waals surface area (Å²) < 4.78 is 16.0. The van der Waals surface area contributed by atoms with Crippen LogP contribution < -0.4 is 14.2 Å². The Balaban J connectivity index is 2.89. The van der Waals surface area contributed by atoms with Gasteiger partial charge in [0.2, 0.25) is 5.75 Å². The maximum absolute atomic E-state index is 9.80. The first-order valence-electron chi connectivity index (χ1n) is 6.63. The van der Waals surface area contributed by atoms with Gasteiger partial charge >= 0.3 is 0 Å². The lowest BCUT2D eigenvalue weighted by Crippen LogP contribution is -2.08. The van der Waals surface area contributed by atoms with E-state index in [1.807, 2.05) is 12.1 Å². The average Bonchev–Trinajstić information content (AvgIpc) is 2.43. The molecular formula is C15H24O4.